The highest BCUT2D eigenvalue weighted by molar-refractivity contribution is 7.99. The van der Waals surface area contributed by atoms with Crippen LogP contribution in [0.1, 0.15) is 0 Å². The summed E-state index contributed by atoms with van der Waals surface area (Å²) in [7, 11) is 5.27. The van der Waals surface area contributed by atoms with Gasteiger partial charge in [-0.05, 0) is 23.9 Å². The molecule has 0 aliphatic rings. The van der Waals surface area contributed by atoms with Crippen LogP contribution in [0.3, 0.4) is 0 Å². The van der Waals surface area contributed by atoms with Gasteiger partial charge in [0.05, 0.1) is 4.90 Å². The lowest BCUT2D eigenvalue weighted by Crippen LogP contribution is -2.15. The van der Waals surface area contributed by atoms with Crippen molar-refractivity contribution in [1.29, 1.82) is 0 Å². The Labute approximate surface area is 119 Å². The van der Waals surface area contributed by atoms with Crippen molar-refractivity contribution in [3.05, 3.63) is 29.8 Å². The van der Waals surface area contributed by atoms with Gasteiger partial charge in [0.15, 0.2) is 5.16 Å². The van der Waals surface area contributed by atoms with Crippen LogP contribution in [0.5, 0.6) is 0 Å². The maximum atomic E-state index is 13.6. The number of aromatic nitrogens is 3. The number of hydrogen-bond acceptors (Lipinski definition) is 6. The largest absolute Gasteiger partial charge is 0.357 e. The molecule has 106 valence electrons. The summed E-state index contributed by atoms with van der Waals surface area (Å²) in [6.45, 7) is 0. The van der Waals surface area contributed by atoms with Crippen molar-refractivity contribution in [3.8, 4) is 0 Å². The molecule has 0 saturated heterocycles. The first-order chi connectivity index (χ1) is 9.49. The van der Waals surface area contributed by atoms with Crippen LogP contribution in [0.2, 0.25) is 0 Å². The molecule has 5 nitrogen and oxygen atoms in total. The molecule has 0 spiro atoms. The molecular weight excluding hydrogens is 284 g/mol. The van der Waals surface area contributed by atoms with E-state index in [2.05, 4.69) is 20.3 Å². The molecule has 0 saturated carbocycles. The van der Waals surface area contributed by atoms with Gasteiger partial charge in [0, 0.05) is 27.2 Å². The van der Waals surface area contributed by atoms with Gasteiger partial charge in [-0.1, -0.05) is 0 Å². The smallest absolute Gasteiger partial charge is 0.230 e. The number of anilines is 2. The molecule has 0 aliphatic heterocycles. The second-order valence-electron chi connectivity index (χ2n) is 4.06. The van der Waals surface area contributed by atoms with Crippen molar-refractivity contribution >= 4 is 23.7 Å². The van der Waals surface area contributed by atoms with Gasteiger partial charge in [0.1, 0.15) is 11.6 Å². The van der Waals surface area contributed by atoms with E-state index in [9.17, 15) is 8.78 Å². The van der Waals surface area contributed by atoms with Crippen LogP contribution < -0.4 is 10.2 Å². The molecule has 1 aromatic heterocycles. The Kier molecular flexibility index (Phi) is 4.33. The molecule has 2 rings (SSSR count). The zero-order valence-corrected chi connectivity index (χ0v) is 12.0. The van der Waals surface area contributed by atoms with E-state index in [1.54, 1.807) is 26.0 Å². The predicted octanol–water partition coefficient (Wildman–Crippen LogP) is 2.41. The van der Waals surface area contributed by atoms with E-state index in [4.69, 9.17) is 0 Å². The summed E-state index contributed by atoms with van der Waals surface area (Å²) in [4.78, 5) is 14.5. The fraction of sp³-hybridized carbons (Fsp3) is 0.250. The SMILES string of the molecule is CNc1nc(Sc2ccc(F)cc2F)nc(N(C)C)n1. The lowest BCUT2D eigenvalue weighted by Gasteiger charge is -2.12. The van der Waals surface area contributed by atoms with E-state index in [-0.39, 0.29) is 4.90 Å². The van der Waals surface area contributed by atoms with Gasteiger partial charge in [-0.15, -0.1) is 0 Å². The van der Waals surface area contributed by atoms with Gasteiger partial charge in [-0.3, -0.25) is 0 Å². The molecule has 8 heteroatoms. The quantitative estimate of drug-likeness (QED) is 0.935. The molecule has 0 fully saturated rings. The zero-order valence-electron chi connectivity index (χ0n) is 11.2. The molecule has 1 N–H and O–H groups in total. The maximum Gasteiger partial charge on any atom is 0.230 e. The van der Waals surface area contributed by atoms with Gasteiger partial charge < -0.3 is 10.2 Å². The normalized spacial score (nSPS) is 10.4. The highest BCUT2D eigenvalue weighted by atomic mass is 32.2. The standard InChI is InChI=1S/C12H13F2N5S/c1-15-10-16-11(19(2)3)18-12(17-10)20-9-5-4-7(13)6-8(9)14/h4-6H,1-3H3,(H,15,16,17,18). The van der Waals surface area contributed by atoms with Crippen molar-refractivity contribution in [3.63, 3.8) is 0 Å². The fourth-order valence-electron chi connectivity index (χ4n) is 1.36. The molecular formula is C12H13F2N5S. The topological polar surface area (TPSA) is 53.9 Å². The van der Waals surface area contributed by atoms with Crippen LogP contribution in [0.15, 0.2) is 28.3 Å². The molecule has 1 heterocycles. The first-order valence-electron chi connectivity index (χ1n) is 5.73. The van der Waals surface area contributed by atoms with Gasteiger partial charge in [0.25, 0.3) is 0 Å². The molecule has 0 atom stereocenters. The minimum Gasteiger partial charge on any atom is -0.357 e. The van der Waals surface area contributed by atoms with Crippen LogP contribution in [-0.2, 0) is 0 Å². The van der Waals surface area contributed by atoms with Crippen molar-refractivity contribution in [2.45, 2.75) is 10.1 Å². The van der Waals surface area contributed by atoms with Crippen molar-refractivity contribution in [2.24, 2.45) is 0 Å². The van der Waals surface area contributed by atoms with Crippen molar-refractivity contribution < 1.29 is 8.78 Å². The minimum atomic E-state index is -0.646. The summed E-state index contributed by atoms with van der Waals surface area (Å²) < 4.78 is 26.5. The number of hydrogen-bond donors (Lipinski definition) is 1. The molecule has 2 aromatic rings. The summed E-state index contributed by atoms with van der Waals surface area (Å²) in [6.07, 6.45) is 0. The van der Waals surface area contributed by atoms with Crippen LogP contribution >= 0.6 is 11.8 Å². The third kappa shape index (κ3) is 3.32. The van der Waals surface area contributed by atoms with E-state index in [0.29, 0.717) is 17.1 Å². The Balaban J connectivity index is 2.34. The second kappa shape index (κ2) is 6.00. The Morgan fingerprint density at radius 3 is 2.50 bits per heavy atom. The van der Waals surface area contributed by atoms with Crippen LogP contribution in [-0.4, -0.2) is 36.1 Å². The highest BCUT2D eigenvalue weighted by Gasteiger charge is 2.11. The number of nitrogens with one attached hydrogen (secondary N) is 1. The van der Waals surface area contributed by atoms with Crippen molar-refractivity contribution in [2.75, 3.05) is 31.4 Å². The lowest BCUT2D eigenvalue weighted by molar-refractivity contribution is 0.565. The summed E-state index contributed by atoms with van der Waals surface area (Å²) in [5, 5.41) is 3.15. The van der Waals surface area contributed by atoms with Gasteiger partial charge in [-0.2, -0.15) is 15.0 Å². The van der Waals surface area contributed by atoms with E-state index >= 15 is 0 Å². The van der Waals surface area contributed by atoms with Gasteiger partial charge in [-0.25, -0.2) is 8.78 Å². The number of nitrogens with zero attached hydrogens (tertiary/aromatic N) is 4. The predicted molar refractivity (Wildman–Crippen MR) is 74.2 cm³/mol. The van der Waals surface area contributed by atoms with Crippen LogP contribution in [0.25, 0.3) is 0 Å². The van der Waals surface area contributed by atoms with E-state index in [0.717, 1.165) is 17.8 Å². The fourth-order valence-corrected chi connectivity index (χ4v) is 2.11. The Hall–Kier alpha value is -1.96. The van der Waals surface area contributed by atoms with E-state index in [1.165, 1.54) is 12.1 Å². The third-order valence-electron chi connectivity index (χ3n) is 2.32. The molecule has 0 aliphatic carbocycles. The van der Waals surface area contributed by atoms with Gasteiger partial charge in [0.2, 0.25) is 11.9 Å². The molecule has 0 radical (unpaired) electrons. The molecule has 0 bridgehead atoms. The third-order valence-corrected chi connectivity index (χ3v) is 3.24. The zero-order chi connectivity index (χ0) is 14.7. The maximum absolute atomic E-state index is 13.6. The van der Waals surface area contributed by atoms with E-state index < -0.39 is 11.6 Å². The number of halogens is 2. The number of benzene rings is 1. The Bertz CT molecular complexity index is 621. The summed E-state index contributed by atoms with van der Waals surface area (Å²) >= 11 is 1.01. The monoisotopic (exact) mass is 297 g/mol. The summed E-state index contributed by atoms with van der Waals surface area (Å²) in [6, 6.07) is 3.38. The second-order valence-corrected chi connectivity index (χ2v) is 5.07. The summed E-state index contributed by atoms with van der Waals surface area (Å²) in [5.41, 5.74) is 0. The average Bonchev–Trinajstić information content (AvgIpc) is 2.41. The van der Waals surface area contributed by atoms with Crippen LogP contribution in [0, 0.1) is 11.6 Å². The molecule has 1 aromatic carbocycles. The molecule has 20 heavy (non-hydrogen) atoms. The Morgan fingerprint density at radius 2 is 1.90 bits per heavy atom. The van der Waals surface area contributed by atoms with Crippen molar-refractivity contribution in [1.82, 2.24) is 15.0 Å². The molecule has 0 unspecified atom stereocenters. The average molecular weight is 297 g/mol. The van der Waals surface area contributed by atoms with Gasteiger partial charge >= 0.3 is 0 Å². The first kappa shape index (κ1) is 14.4. The Morgan fingerprint density at radius 1 is 1.15 bits per heavy atom. The molecule has 0 amide bonds. The lowest BCUT2D eigenvalue weighted by atomic mass is 10.3. The number of rotatable bonds is 4. The van der Waals surface area contributed by atoms with E-state index in [1.807, 2.05) is 0 Å². The summed E-state index contributed by atoms with van der Waals surface area (Å²) in [5.74, 6) is -0.427. The van der Waals surface area contributed by atoms with Crippen LogP contribution in [0.4, 0.5) is 20.7 Å². The minimum absolute atomic E-state index is 0.254. The first-order valence-corrected chi connectivity index (χ1v) is 6.55. The highest BCUT2D eigenvalue weighted by Crippen LogP contribution is 2.28.